The average Bonchev–Trinajstić information content (AvgIpc) is 3.62. The number of carbonyl (C=O) groups is 2. The van der Waals surface area contributed by atoms with Gasteiger partial charge in [0.2, 0.25) is 0 Å². The molecule has 0 bridgehead atoms. The molecule has 6 heteroatoms. The summed E-state index contributed by atoms with van der Waals surface area (Å²) in [7, 11) is 0. The Hall–Kier alpha value is -3.38. The largest absolute Gasteiger partial charge is 0.463 e. The Balaban J connectivity index is 1.67. The lowest BCUT2D eigenvalue weighted by atomic mass is 9.92. The highest BCUT2D eigenvalue weighted by molar-refractivity contribution is 5.99. The maximum absolute atomic E-state index is 13.6. The first kappa shape index (κ1) is 23.8. The minimum absolute atomic E-state index is 0.185. The summed E-state index contributed by atoms with van der Waals surface area (Å²) in [6.45, 7) is 3.43. The van der Waals surface area contributed by atoms with E-state index in [0.29, 0.717) is 5.92 Å². The van der Waals surface area contributed by atoms with E-state index in [1.54, 1.807) is 38.1 Å². The van der Waals surface area contributed by atoms with Crippen molar-refractivity contribution in [1.29, 1.82) is 0 Å². The van der Waals surface area contributed by atoms with E-state index in [9.17, 15) is 19.1 Å². The Morgan fingerprint density at radius 1 is 1.15 bits per heavy atom. The van der Waals surface area contributed by atoms with Gasteiger partial charge in [-0.25, -0.2) is 4.39 Å². The number of esters is 1. The summed E-state index contributed by atoms with van der Waals surface area (Å²) in [6.07, 6.45) is 3.54. The minimum atomic E-state index is -1.06. The van der Waals surface area contributed by atoms with Gasteiger partial charge in [-0.3, -0.25) is 14.6 Å². The van der Waals surface area contributed by atoms with E-state index in [0.717, 1.165) is 46.1 Å². The number of ketones is 1. The van der Waals surface area contributed by atoms with Gasteiger partial charge in [0.25, 0.3) is 0 Å². The number of halogens is 1. The molecular weight excluding hydrogens is 433 g/mol. The summed E-state index contributed by atoms with van der Waals surface area (Å²) in [5.74, 6) is -0.968. The van der Waals surface area contributed by atoms with Crippen LogP contribution in [0.15, 0.2) is 54.6 Å². The van der Waals surface area contributed by atoms with Crippen LogP contribution in [0.25, 0.3) is 28.1 Å². The van der Waals surface area contributed by atoms with Crippen molar-refractivity contribution >= 4 is 28.7 Å². The van der Waals surface area contributed by atoms with E-state index in [4.69, 9.17) is 9.72 Å². The SMILES string of the molecule is CC(C)OC(=O)CC(=O)CC(O)C=Cc1c(C2CC2)nc2ccccc2c1-c1ccc(F)cc1. The predicted octanol–water partition coefficient (Wildman–Crippen LogP) is 5.59. The van der Waals surface area contributed by atoms with E-state index in [2.05, 4.69) is 0 Å². The molecule has 1 unspecified atom stereocenters. The molecule has 34 heavy (non-hydrogen) atoms. The van der Waals surface area contributed by atoms with Gasteiger partial charge in [-0.15, -0.1) is 0 Å². The first-order valence-corrected chi connectivity index (χ1v) is 11.6. The molecule has 1 fully saturated rings. The second-order valence-corrected chi connectivity index (χ2v) is 8.97. The molecule has 1 heterocycles. The number of aliphatic hydroxyl groups is 1. The zero-order valence-electron chi connectivity index (χ0n) is 19.3. The highest BCUT2D eigenvalue weighted by atomic mass is 19.1. The van der Waals surface area contributed by atoms with E-state index in [1.165, 1.54) is 12.1 Å². The van der Waals surface area contributed by atoms with Crippen molar-refractivity contribution in [1.82, 2.24) is 4.98 Å². The Bertz CT molecular complexity index is 1230. The van der Waals surface area contributed by atoms with E-state index in [1.807, 2.05) is 24.3 Å². The van der Waals surface area contributed by atoms with E-state index >= 15 is 0 Å². The molecule has 4 rings (SSSR count). The monoisotopic (exact) mass is 461 g/mol. The maximum atomic E-state index is 13.6. The number of hydrogen-bond acceptors (Lipinski definition) is 5. The summed E-state index contributed by atoms with van der Waals surface area (Å²) in [5.41, 5.74) is 4.43. The molecule has 1 N–H and O–H groups in total. The van der Waals surface area contributed by atoms with Gasteiger partial charge in [0.05, 0.1) is 23.4 Å². The standard InChI is InChI=1S/C28H28FNO4/c1-17(2)34-26(33)16-22(32)15-21(31)13-14-24-27(18-9-11-20(29)12-10-18)23-5-3-4-6-25(23)30-28(24)19-7-8-19/h3-6,9-14,17,19,21,31H,7-8,15-16H2,1-2H3. The molecule has 0 saturated heterocycles. The summed E-state index contributed by atoms with van der Waals surface area (Å²) in [6, 6.07) is 14.2. The zero-order chi connectivity index (χ0) is 24.2. The predicted molar refractivity (Wildman–Crippen MR) is 130 cm³/mol. The molecule has 176 valence electrons. The highest BCUT2D eigenvalue weighted by Crippen LogP contribution is 2.45. The van der Waals surface area contributed by atoms with Crippen molar-refractivity contribution in [2.75, 3.05) is 0 Å². The van der Waals surface area contributed by atoms with Gasteiger partial charge < -0.3 is 9.84 Å². The van der Waals surface area contributed by atoms with Crippen LogP contribution in [0.2, 0.25) is 0 Å². The Kier molecular flexibility index (Phi) is 7.17. The quantitative estimate of drug-likeness (QED) is 0.332. The molecule has 1 aromatic heterocycles. The van der Waals surface area contributed by atoms with E-state index < -0.39 is 12.1 Å². The smallest absolute Gasteiger partial charge is 0.313 e. The normalized spacial score (nSPS) is 14.6. The lowest BCUT2D eigenvalue weighted by molar-refractivity contribution is -0.149. The molecular formula is C28H28FNO4. The van der Waals surface area contributed by atoms with Gasteiger partial charge >= 0.3 is 5.97 Å². The number of rotatable bonds is 9. The molecule has 2 aromatic carbocycles. The van der Waals surface area contributed by atoms with Gasteiger partial charge in [-0.05, 0) is 50.5 Å². The number of pyridine rings is 1. The number of para-hydroxylation sites is 1. The van der Waals surface area contributed by atoms with Crippen molar-refractivity contribution in [3.8, 4) is 11.1 Å². The molecule has 0 radical (unpaired) electrons. The third kappa shape index (κ3) is 5.75. The number of ether oxygens (including phenoxy) is 1. The van der Waals surface area contributed by atoms with Crippen LogP contribution in [0.5, 0.6) is 0 Å². The van der Waals surface area contributed by atoms with Crippen LogP contribution in [0.4, 0.5) is 4.39 Å². The topological polar surface area (TPSA) is 76.5 Å². The fourth-order valence-corrected chi connectivity index (χ4v) is 4.06. The van der Waals surface area contributed by atoms with Gasteiger partial charge in [-0.2, -0.15) is 0 Å². The number of fused-ring (bicyclic) bond motifs is 1. The van der Waals surface area contributed by atoms with Crippen molar-refractivity contribution in [2.24, 2.45) is 0 Å². The van der Waals surface area contributed by atoms with Gasteiger partial charge in [0, 0.05) is 28.9 Å². The van der Waals surface area contributed by atoms with Crippen LogP contribution in [-0.4, -0.2) is 34.1 Å². The molecule has 1 aliphatic carbocycles. The number of Topliss-reactive ketones (excluding diaryl/α,β-unsaturated/α-hetero) is 1. The fourth-order valence-electron chi connectivity index (χ4n) is 4.06. The Labute approximate surface area is 198 Å². The summed E-state index contributed by atoms with van der Waals surface area (Å²) in [5, 5.41) is 11.4. The Morgan fingerprint density at radius 2 is 1.85 bits per heavy atom. The number of hydrogen-bond donors (Lipinski definition) is 1. The third-order valence-corrected chi connectivity index (χ3v) is 5.69. The van der Waals surface area contributed by atoms with Crippen LogP contribution >= 0.6 is 0 Å². The van der Waals surface area contributed by atoms with Crippen molar-refractivity contribution < 1.29 is 23.8 Å². The molecule has 0 aliphatic heterocycles. The molecule has 1 atom stereocenters. The first-order valence-electron chi connectivity index (χ1n) is 11.6. The number of aliphatic hydroxyl groups excluding tert-OH is 1. The first-order chi connectivity index (χ1) is 16.3. The fraction of sp³-hybridized carbons (Fsp3) is 0.321. The van der Waals surface area contributed by atoms with Crippen LogP contribution in [-0.2, 0) is 14.3 Å². The molecule has 1 aliphatic rings. The van der Waals surface area contributed by atoms with Crippen LogP contribution in [0.3, 0.4) is 0 Å². The average molecular weight is 462 g/mol. The second kappa shape index (κ2) is 10.3. The van der Waals surface area contributed by atoms with Crippen molar-refractivity contribution in [3.63, 3.8) is 0 Å². The lowest BCUT2D eigenvalue weighted by Crippen LogP contribution is -2.18. The molecule has 0 spiro atoms. The third-order valence-electron chi connectivity index (χ3n) is 5.69. The van der Waals surface area contributed by atoms with Gasteiger partial charge in [0.15, 0.2) is 0 Å². The number of nitrogens with zero attached hydrogens (tertiary/aromatic N) is 1. The molecule has 0 amide bonds. The number of aromatic nitrogens is 1. The molecule has 3 aromatic rings. The summed E-state index contributed by atoms with van der Waals surface area (Å²) in [4.78, 5) is 28.8. The van der Waals surface area contributed by atoms with Crippen LogP contribution < -0.4 is 0 Å². The van der Waals surface area contributed by atoms with Crippen LogP contribution in [0, 0.1) is 5.82 Å². The molecule has 1 saturated carbocycles. The molecule has 5 nitrogen and oxygen atoms in total. The van der Waals surface area contributed by atoms with Gasteiger partial charge in [-0.1, -0.05) is 42.5 Å². The lowest BCUT2D eigenvalue weighted by Gasteiger charge is -2.16. The number of benzene rings is 2. The van der Waals surface area contributed by atoms with Crippen LogP contribution in [0.1, 0.15) is 56.7 Å². The summed E-state index contributed by atoms with van der Waals surface area (Å²) < 4.78 is 18.6. The Morgan fingerprint density at radius 3 is 2.53 bits per heavy atom. The second-order valence-electron chi connectivity index (χ2n) is 8.97. The van der Waals surface area contributed by atoms with Gasteiger partial charge in [0.1, 0.15) is 18.0 Å². The summed E-state index contributed by atoms with van der Waals surface area (Å²) >= 11 is 0. The maximum Gasteiger partial charge on any atom is 0.313 e. The minimum Gasteiger partial charge on any atom is -0.463 e. The highest BCUT2D eigenvalue weighted by Gasteiger charge is 2.29. The zero-order valence-corrected chi connectivity index (χ0v) is 19.3. The van der Waals surface area contributed by atoms with E-state index in [-0.39, 0.29) is 30.5 Å². The number of carbonyl (C=O) groups excluding carboxylic acids is 2. The van der Waals surface area contributed by atoms with Crippen molar-refractivity contribution in [3.05, 3.63) is 71.7 Å². The van der Waals surface area contributed by atoms with Crippen molar-refractivity contribution in [2.45, 2.75) is 57.7 Å².